The summed E-state index contributed by atoms with van der Waals surface area (Å²) in [5.74, 6) is -4.96. The lowest BCUT2D eigenvalue weighted by Crippen LogP contribution is -2.34. The topological polar surface area (TPSA) is 51.0 Å². The molecule has 1 unspecified atom stereocenters. The van der Waals surface area contributed by atoms with Crippen LogP contribution < -0.4 is 10.5 Å². The van der Waals surface area contributed by atoms with Gasteiger partial charge in [0.1, 0.15) is 11.6 Å². The molecule has 1 heterocycles. The van der Waals surface area contributed by atoms with Crippen LogP contribution in [0.5, 0.6) is 5.75 Å². The molecule has 3 nitrogen and oxygen atoms in total. The van der Waals surface area contributed by atoms with Crippen LogP contribution in [0.2, 0.25) is 0 Å². The molecule has 0 saturated heterocycles. The molecule has 0 aliphatic heterocycles. The van der Waals surface area contributed by atoms with E-state index in [0.717, 1.165) is 10.9 Å². The van der Waals surface area contributed by atoms with Crippen LogP contribution in [0.1, 0.15) is 29.5 Å². The van der Waals surface area contributed by atoms with Crippen molar-refractivity contribution in [3.63, 3.8) is 0 Å². The van der Waals surface area contributed by atoms with Gasteiger partial charge in [-0.2, -0.15) is 8.78 Å². The summed E-state index contributed by atoms with van der Waals surface area (Å²) in [7, 11) is 0. The zero-order valence-electron chi connectivity index (χ0n) is 15.0. The molecule has 3 rings (SSSR count). The van der Waals surface area contributed by atoms with Crippen LogP contribution in [0.25, 0.3) is 10.9 Å². The van der Waals surface area contributed by atoms with Crippen molar-refractivity contribution in [2.45, 2.75) is 31.7 Å². The van der Waals surface area contributed by atoms with Crippen molar-refractivity contribution in [1.82, 2.24) is 4.98 Å². The number of alkyl halides is 4. The van der Waals surface area contributed by atoms with E-state index in [-0.39, 0.29) is 18.2 Å². The first kappa shape index (κ1) is 20.1. The predicted octanol–water partition coefficient (Wildman–Crippen LogP) is 5.20. The lowest BCUT2D eigenvalue weighted by molar-refractivity contribution is -0.148. The predicted molar refractivity (Wildman–Crippen MR) is 96.6 cm³/mol. The minimum Gasteiger partial charge on any atom is -0.487 e. The highest BCUT2D eigenvalue weighted by Crippen LogP contribution is 2.38. The van der Waals surface area contributed by atoms with Gasteiger partial charge in [0.25, 0.3) is 0 Å². The second-order valence-corrected chi connectivity index (χ2v) is 6.54. The van der Waals surface area contributed by atoms with Gasteiger partial charge >= 0.3 is 12.3 Å². The number of benzene rings is 2. The van der Waals surface area contributed by atoms with Crippen LogP contribution in [0, 0.1) is 5.82 Å². The molecule has 0 spiro atoms. The van der Waals surface area contributed by atoms with Gasteiger partial charge in [-0.1, -0.05) is 19.1 Å². The van der Waals surface area contributed by atoms with Gasteiger partial charge in [0.2, 0.25) is 0 Å². The van der Waals surface area contributed by atoms with Crippen molar-refractivity contribution in [3.8, 4) is 5.75 Å². The summed E-state index contributed by atoms with van der Waals surface area (Å²) in [6.45, 7) is 0.481. The molecule has 0 amide bonds. The Morgan fingerprint density at radius 2 is 1.93 bits per heavy atom. The van der Waals surface area contributed by atoms with Crippen molar-refractivity contribution in [2.75, 3.05) is 6.61 Å². The highest BCUT2D eigenvalue weighted by molar-refractivity contribution is 5.84. The van der Waals surface area contributed by atoms with Crippen LogP contribution in [-0.2, 0) is 6.54 Å². The van der Waals surface area contributed by atoms with Gasteiger partial charge in [-0.3, -0.25) is 0 Å². The van der Waals surface area contributed by atoms with E-state index in [4.69, 9.17) is 10.5 Å². The summed E-state index contributed by atoms with van der Waals surface area (Å²) in [5, 5.41) is 0.754. The number of nitrogens with one attached hydrogen (secondary N) is 1. The van der Waals surface area contributed by atoms with Crippen LogP contribution in [0.3, 0.4) is 0 Å². The lowest BCUT2D eigenvalue weighted by atomic mass is 9.88. The van der Waals surface area contributed by atoms with E-state index >= 15 is 0 Å². The fourth-order valence-electron chi connectivity index (χ4n) is 3.26. The molecule has 2 aromatic carbocycles. The number of hydrogen-bond donors (Lipinski definition) is 2. The average Bonchev–Trinajstić information content (AvgIpc) is 3.08. The first-order valence-corrected chi connectivity index (χ1v) is 8.61. The zero-order valence-corrected chi connectivity index (χ0v) is 15.0. The molecule has 28 heavy (non-hydrogen) atoms. The number of nitrogens with two attached hydrogens (primary N) is 1. The van der Waals surface area contributed by atoms with E-state index in [1.54, 1.807) is 24.4 Å². The zero-order chi connectivity index (χ0) is 20.5. The number of aromatic nitrogens is 1. The molecule has 0 radical (unpaired) electrons. The maximum Gasteiger partial charge on any atom is 0.340 e. The highest BCUT2D eigenvalue weighted by atomic mass is 19.3. The van der Waals surface area contributed by atoms with Gasteiger partial charge in [-0.05, 0) is 35.4 Å². The van der Waals surface area contributed by atoms with E-state index in [1.807, 2.05) is 6.92 Å². The number of H-pyrrole nitrogens is 1. The Hall–Kier alpha value is -2.61. The van der Waals surface area contributed by atoms with Gasteiger partial charge < -0.3 is 15.5 Å². The molecule has 1 aromatic heterocycles. The van der Waals surface area contributed by atoms with Gasteiger partial charge in [-0.15, -0.1) is 0 Å². The largest absolute Gasteiger partial charge is 0.487 e. The molecule has 3 aromatic rings. The number of fused-ring (bicyclic) bond motifs is 1. The Balaban J connectivity index is 2.01. The molecule has 1 atom stereocenters. The van der Waals surface area contributed by atoms with Gasteiger partial charge in [0.15, 0.2) is 6.61 Å². The molecule has 0 aliphatic rings. The normalized spacial score (nSPS) is 13.3. The Morgan fingerprint density at radius 3 is 2.61 bits per heavy atom. The minimum absolute atomic E-state index is 0.0623. The molecule has 8 heteroatoms. The summed E-state index contributed by atoms with van der Waals surface area (Å²) >= 11 is 0. The smallest absolute Gasteiger partial charge is 0.340 e. The Morgan fingerprint density at radius 1 is 1.18 bits per heavy atom. The average molecular weight is 398 g/mol. The van der Waals surface area contributed by atoms with E-state index < -0.39 is 24.8 Å². The standard InChI is InChI=1S/C20H19F5N2O/c1-11(15-9-27-16-7-13(21)5-6-14(15)16)18-12(8-26)3-2-4-17(18)28-10-20(24,25)19(22)23/h2-7,9,11,19,27H,8,10,26H2,1H3. The second-order valence-electron chi connectivity index (χ2n) is 6.54. The maximum absolute atomic E-state index is 13.4. The second kappa shape index (κ2) is 7.79. The fourth-order valence-corrected chi connectivity index (χ4v) is 3.26. The molecular formula is C20H19F5N2O. The number of halogens is 5. The number of rotatable bonds is 7. The molecule has 150 valence electrons. The van der Waals surface area contributed by atoms with E-state index in [2.05, 4.69) is 4.98 Å². The van der Waals surface area contributed by atoms with Crippen LogP contribution >= 0.6 is 0 Å². The van der Waals surface area contributed by atoms with Gasteiger partial charge in [-0.25, -0.2) is 13.2 Å². The van der Waals surface area contributed by atoms with Crippen LogP contribution in [0.4, 0.5) is 22.0 Å². The Kier molecular flexibility index (Phi) is 5.60. The van der Waals surface area contributed by atoms with Crippen molar-refractivity contribution in [1.29, 1.82) is 0 Å². The maximum atomic E-state index is 13.4. The SMILES string of the molecule is CC(c1c(CN)cccc1OCC(F)(F)C(F)F)c1c[nH]c2cc(F)ccc12. The quantitative estimate of drug-likeness (QED) is 0.538. The fraction of sp³-hybridized carbons (Fsp3) is 0.300. The Labute approximate surface area is 158 Å². The third-order valence-electron chi connectivity index (χ3n) is 4.69. The van der Waals surface area contributed by atoms with Crippen molar-refractivity contribution in [3.05, 3.63) is 65.1 Å². The summed E-state index contributed by atoms with van der Waals surface area (Å²) < 4.78 is 70.1. The van der Waals surface area contributed by atoms with Crippen molar-refractivity contribution in [2.24, 2.45) is 5.73 Å². The van der Waals surface area contributed by atoms with Gasteiger partial charge in [0, 0.05) is 35.1 Å². The lowest BCUT2D eigenvalue weighted by Gasteiger charge is -2.22. The number of aromatic amines is 1. The monoisotopic (exact) mass is 398 g/mol. The van der Waals surface area contributed by atoms with E-state index in [0.29, 0.717) is 16.6 Å². The molecular weight excluding hydrogens is 379 g/mol. The third kappa shape index (κ3) is 3.82. The first-order valence-electron chi connectivity index (χ1n) is 8.61. The van der Waals surface area contributed by atoms with Crippen molar-refractivity contribution < 1.29 is 26.7 Å². The van der Waals surface area contributed by atoms with Crippen molar-refractivity contribution >= 4 is 10.9 Å². The Bertz CT molecular complexity index is 970. The summed E-state index contributed by atoms with van der Waals surface area (Å²) in [6.07, 6.45) is -2.13. The summed E-state index contributed by atoms with van der Waals surface area (Å²) in [4.78, 5) is 2.98. The number of hydrogen-bond acceptors (Lipinski definition) is 2. The molecule has 0 aliphatic carbocycles. The molecule has 3 N–H and O–H groups in total. The highest BCUT2D eigenvalue weighted by Gasteiger charge is 2.42. The van der Waals surface area contributed by atoms with Crippen LogP contribution in [0.15, 0.2) is 42.6 Å². The molecule has 0 saturated carbocycles. The first-order chi connectivity index (χ1) is 13.2. The van der Waals surface area contributed by atoms with E-state index in [9.17, 15) is 22.0 Å². The third-order valence-corrected chi connectivity index (χ3v) is 4.69. The van der Waals surface area contributed by atoms with E-state index in [1.165, 1.54) is 18.2 Å². The number of ether oxygens (including phenoxy) is 1. The molecule has 0 bridgehead atoms. The minimum atomic E-state index is -4.27. The van der Waals surface area contributed by atoms with Crippen LogP contribution in [-0.4, -0.2) is 23.9 Å². The summed E-state index contributed by atoms with van der Waals surface area (Å²) in [5.41, 5.74) is 8.32. The molecule has 0 fully saturated rings. The van der Waals surface area contributed by atoms with Gasteiger partial charge in [0.05, 0.1) is 0 Å². The summed E-state index contributed by atoms with van der Waals surface area (Å²) in [6, 6.07) is 9.02.